The number of aryl methyl sites for hydroxylation is 1. The van der Waals surface area contributed by atoms with E-state index in [2.05, 4.69) is 17.0 Å². The van der Waals surface area contributed by atoms with Crippen LogP contribution in [0, 0.1) is 12.8 Å². The van der Waals surface area contributed by atoms with Crippen LogP contribution in [0.4, 0.5) is 0 Å². The van der Waals surface area contributed by atoms with E-state index in [9.17, 15) is 8.42 Å². The van der Waals surface area contributed by atoms with Crippen LogP contribution in [-0.4, -0.2) is 21.5 Å². The van der Waals surface area contributed by atoms with Crippen LogP contribution in [0.15, 0.2) is 23.1 Å². The molecule has 1 saturated carbocycles. The third kappa shape index (κ3) is 3.40. The van der Waals surface area contributed by atoms with Crippen LogP contribution in [0.3, 0.4) is 0 Å². The topological polar surface area (TPSA) is 58.2 Å². The molecule has 1 fully saturated rings. The monoisotopic (exact) mass is 296 g/mol. The smallest absolute Gasteiger partial charge is 0.240 e. The van der Waals surface area contributed by atoms with Crippen LogP contribution < -0.4 is 10.0 Å². The quantitative estimate of drug-likeness (QED) is 0.875. The van der Waals surface area contributed by atoms with Crippen molar-refractivity contribution in [1.29, 1.82) is 0 Å². The Bertz CT molecular complexity index is 569. The lowest BCUT2D eigenvalue weighted by Gasteiger charge is -2.18. The van der Waals surface area contributed by atoms with Crippen molar-refractivity contribution in [3.8, 4) is 0 Å². The Morgan fingerprint density at radius 3 is 2.65 bits per heavy atom. The first kappa shape index (κ1) is 15.5. The van der Waals surface area contributed by atoms with E-state index >= 15 is 0 Å². The van der Waals surface area contributed by atoms with Gasteiger partial charge in [-0.2, -0.15) is 0 Å². The minimum atomic E-state index is -3.41. The lowest BCUT2D eigenvalue weighted by Crippen LogP contribution is -2.36. The van der Waals surface area contributed by atoms with E-state index in [-0.39, 0.29) is 6.04 Å². The van der Waals surface area contributed by atoms with Crippen molar-refractivity contribution >= 4 is 10.0 Å². The van der Waals surface area contributed by atoms with Gasteiger partial charge in [-0.1, -0.05) is 19.4 Å². The van der Waals surface area contributed by atoms with Crippen LogP contribution in [0.1, 0.15) is 37.3 Å². The highest BCUT2D eigenvalue weighted by Crippen LogP contribution is 2.26. The van der Waals surface area contributed by atoms with Crippen LogP contribution in [-0.2, 0) is 16.6 Å². The third-order valence-electron chi connectivity index (χ3n) is 4.17. The molecule has 5 heteroatoms. The van der Waals surface area contributed by atoms with E-state index in [4.69, 9.17) is 0 Å². The second-order valence-corrected chi connectivity index (χ2v) is 7.47. The first-order valence-electron chi connectivity index (χ1n) is 7.20. The number of hydrogen-bond donors (Lipinski definition) is 2. The molecule has 1 aromatic carbocycles. The Labute approximate surface area is 122 Å². The maximum absolute atomic E-state index is 12.5. The molecule has 1 aliphatic rings. The molecular weight excluding hydrogens is 272 g/mol. The van der Waals surface area contributed by atoms with Crippen molar-refractivity contribution in [1.82, 2.24) is 10.0 Å². The fraction of sp³-hybridized carbons (Fsp3) is 0.600. The Kier molecular flexibility index (Phi) is 4.83. The number of hydrogen-bond acceptors (Lipinski definition) is 3. The lowest BCUT2D eigenvalue weighted by molar-refractivity contribution is 0.476. The molecule has 2 rings (SSSR count). The van der Waals surface area contributed by atoms with Crippen molar-refractivity contribution in [2.24, 2.45) is 5.92 Å². The molecule has 4 nitrogen and oxygen atoms in total. The van der Waals surface area contributed by atoms with Gasteiger partial charge in [0.25, 0.3) is 0 Å². The summed E-state index contributed by atoms with van der Waals surface area (Å²) in [5.41, 5.74) is 2.13. The van der Waals surface area contributed by atoms with Crippen LogP contribution in [0.25, 0.3) is 0 Å². The van der Waals surface area contributed by atoms with Gasteiger partial charge in [0.15, 0.2) is 0 Å². The minimum Gasteiger partial charge on any atom is -0.316 e. The summed E-state index contributed by atoms with van der Waals surface area (Å²) in [5, 5.41) is 3.07. The Balaban J connectivity index is 2.22. The van der Waals surface area contributed by atoms with E-state index in [0.29, 0.717) is 17.4 Å². The molecule has 0 amide bonds. The molecule has 0 saturated heterocycles. The molecule has 112 valence electrons. The number of benzene rings is 1. The predicted molar refractivity (Wildman–Crippen MR) is 81.1 cm³/mol. The normalized spacial score (nSPS) is 23.1. The zero-order chi connectivity index (χ0) is 14.8. The highest BCUT2D eigenvalue weighted by Gasteiger charge is 2.28. The molecule has 0 aromatic heterocycles. The second kappa shape index (κ2) is 6.24. The molecule has 2 N–H and O–H groups in total. The van der Waals surface area contributed by atoms with Crippen molar-refractivity contribution < 1.29 is 8.42 Å². The standard InChI is InChI=1S/C15H24N2O2S/c1-11-7-8-14(9-13(11)10-16-3)20(18,19)17-15-6-4-5-12(15)2/h7-9,12,15-17H,4-6,10H2,1-3H3. The van der Waals surface area contributed by atoms with E-state index in [1.54, 1.807) is 12.1 Å². The van der Waals surface area contributed by atoms with Crippen molar-refractivity contribution in [2.75, 3.05) is 7.05 Å². The van der Waals surface area contributed by atoms with Gasteiger partial charge in [-0.3, -0.25) is 0 Å². The van der Waals surface area contributed by atoms with Crippen molar-refractivity contribution in [2.45, 2.75) is 50.6 Å². The van der Waals surface area contributed by atoms with E-state index in [1.807, 2.05) is 20.0 Å². The summed E-state index contributed by atoms with van der Waals surface area (Å²) in [4.78, 5) is 0.368. The fourth-order valence-electron chi connectivity index (χ4n) is 2.78. The summed E-state index contributed by atoms with van der Waals surface area (Å²) in [7, 11) is -1.55. The summed E-state index contributed by atoms with van der Waals surface area (Å²) in [5.74, 6) is 0.423. The molecule has 0 bridgehead atoms. The van der Waals surface area contributed by atoms with E-state index in [1.165, 1.54) is 0 Å². The minimum absolute atomic E-state index is 0.0778. The second-order valence-electron chi connectivity index (χ2n) is 5.75. The predicted octanol–water partition coefficient (Wildman–Crippen LogP) is 2.18. The Morgan fingerprint density at radius 2 is 2.05 bits per heavy atom. The fourth-order valence-corrected chi connectivity index (χ4v) is 4.21. The van der Waals surface area contributed by atoms with Gasteiger partial charge in [-0.15, -0.1) is 0 Å². The zero-order valence-corrected chi connectivity index (χ0v) is 13.3. The Hall–Kier alpha value is -0.910. The summed E-state index contributed by atoms with van der Waals surface area (Å²) in [6.45, 7) is 4.78. The number of nitrogens with one attached hydrogen (secondary N) is 2. The van der Waals surface area contributed by atoms with Crippen molar-refractivity contribution in [3.63, 3.8) is 0 Å². The van der Waals surface area contributed by atoms with Gasteiger partial charge in [0.1, 0.15) is 0 Å². The summed E-state index contributed by atoms with van der Waals surface area (Å²) >= 11 is 0. The average Bonchev–Trinajstić information content (AvgIpc) is 2.77. The molecular formula is C15H24N2O2S. The number of rotatable bonds is 5. The summed E-state index contributed by atoms with van der Waals surface area (Å²) < 4.78 is 27.8. The van der Waals surface area contributed by atoms with E-state index < -0.39 is 10.0 Å². The van der Waals surface area contributed by atoms with Crippen molar-refractivity contribution in [3.05, 3.63) is 29.3 Å². The van der Waals surface area contributed by atoms with Gasteiger partial charge in [0, 0.05) is 12.6 Å². The highest BCUT2D eigenvalue weighted by molar-refractivity contribution is 7.89. The number of sulfonamides is 1. The molecule has 2 atom stereocenters. The van der Waals surface area contributed by atoms with Gasteiger partial charge >= 0.3 is 0 Å². The maximum atomic E-state index is 12.5. The first-order chi connectivity index (χ1) is 9.44. The lowest BCUT2D eigenvalue weighted by atomic mass is 10.1. The van der Waals surface area contributed by atoms with Gasteiger partial charge in [-0.25, -0.2) is 13.1 Å². The molecule has 0 spiro atoms. The third-order valence-corrected chi connectivity index (χ3v) is 5.65. The molecule has 0 heterocycles. The summed E-state index contributed by atoms with van der Waals surface area (Å²) in [6.07, 6.45) is 3.15. The SMILES string of the molecule is CNCc1cc(S(=O)(=O)NC2CCCC2C)ccc1C. The Morgan fingerprint density at radius 1 is 1.30 bits per heavy atom. The average molecular weight is 296 g/mol. The van der Waals surface area contributed by atoms with Crippen LogP contribution in [0.5, 0.6) is 0 Å². The molecule has 0 radical (unpaired) electrons. The molecule has 1 aliphatic carbocycles. The van der Waals surface area contributed by atoms with Crippen LogP contribution >= 0.6 is 0 Å². The first-order valence-corrected chi connectivity index (χ1v) is 8.69. The highest BCUT2D eigenvalue weighted by atomic mass is 32.2. The van der Waals surface area contributed by atoms with E-state index in [0.717, 1.165) is 30.4 Å². The molecule has 20 heavy (non-hydrogen) atoms. The van der Waals surface area contributed by atoms with Gasteiger partial charge in [0.2, 0.25) is 10.0 Å². The maximum Gasteiger partial charge on any atom is 0.240 e. The van der Waals surface area contributed by atoms with Gasteiger partial charge < -0.3 is 5.32 Å². The molecule has 0 aliphatic heterocycles. The van der Waals surface area contributed by atoms with Gasteiger partial charge in [0.05, 0.1) is 4.90 Å². The zero-order valence-electron chi connectivity index (χ0n) is 12.4. The van der Waals surface area contributed by atoms with Gasteiger partial charge in [-0.05, 0) is 56.0 Å². The molecule has 2 unspecified atom stereocenters. The van der Waals surface area contributed by atoms with Crippen LogP contribution in [0.2, 0.25) is 0 Å². The molecule has 1 aromatic rings. The largest absolute Gasteiger partial charge is 0.316 e. The summed E-state index contributed by atoms with van der Waals surface area (Å²) in [6, 6.07) is 5.41.